The van der Waals surface area contributed by atoms with Crippen molar-refractivity contribution in [1.29, 1.82) is 0 Å². The van der Waals surface area contributed by atoms with E-state index in [-0.39, 0.29) is 11.7 Å². The number of benzene rings is 1. The summed E-state index contributed by atoms with van der Waals surface area (Å²) in [6.45, 7) is 11.1. The summed E-state index contributed by atoms with van der Waals surface area (Å²) in [5, 5.41) is 3.64. The molecule has 3 heteroatoms. The van der Waals surface area contributed by atoms with Crippen molar-refractivity contribution in [2.24, 2.45) is 5.41 Å². The molecule has 0 spiro atoms. The minimum Gasteiger partial charge on any atom is -0.313 e. The van der Waals surface area contributed by atoms with Crippen LogP contribution in [0.25, 0.3) is 0 Å². The largest absolute Gasteiger partial charge is 0.313 e. The fraction of sp³-hybridized carbons (Fsp3) is 0.650. The maximum atomic E-state index is 12.0. The number of carbonyl (C=O) groups is 1. The summed E-state index contributed by atoms with van der Waals surface area (Å²) < 4.78 is 1.05. The Labute approximate surface area is 150 Å². The maximum Gasteiger partial charge on any atom is 0.138 e. The van der Waals surface area contributed by atoms with Gasteiger partial charge in [0, 0.05) is 17.1 Å². The smallest absolute Gasteiger partial charge is 0.138 e. The van der Waals surface area contributed by atoms with Gasteiger partial charge in [0.2, 0.25) is 0 Å². The van der Waals surface area contributed by atoms with Gasteiger partial charge in [-0.1, -0.05) is 62.2 Å². The first-order chi connectivity index (χ1) is 10.9. The highest BCUT2D eigenvalue weighted by Crippen LogP contribution is 2.35. The van der Waals surface area contributed by atoms with Gasteiger partial charge in [0.25, 0.3) is 0 Å². The molecule has 2 nitrogen and oxygen atoms in total. The number of halogens is 1. The number of nitrogens with one attached hydrogen (secondary N) is 1. The summed E-state index contributed by atoms with van der Waals surface area (Å²) in [6.07, 6.45) is 5.04. The number of ketones is 1. The summed E-state index contributed by atoms with van der Waals surface area (Å²) in [6, 6.07) is 8.65. The second-order valence-electron chi connectivity index (χ2n) is 7.08. The van der Waals surface area contributed by atoms with Gasteiger partial charge in [0.05, 0.1) is 5.92 Å². The Morgan fingerprint density at radius 1 is 1.30 bits per heavy atom. The van der Waals surface area contributed by atoms with Crippen LogP contribution in [0.15, 0.2) is 28.7 Å². The lowest BCUT2D eigenvalue weighted by Gasteiger charge is -2.36. The first kappa shape index (κ1) is 20.4. The van der Waals surface area contributed by atoms with Crippen molar-refractivity contribution in [3.8, 4) is 0 Å². The molecule has 0 saturated heterocycles. The molecule has 0 bridgehead atoms. The second kappa shape index (κ2) is 9.58. The van der Waals surface area contributed by atoms with Crippen LogP contribution in [-0.2, 0) is 4.79 Å². The molecule has 1 aromatic rings. The molecular weight excluding hydrogens is 350 g/mol. The molecule has 130 valence electrons. The number of hydrogen-bond acceptors (Lipinski definition) is 2. The first-order valence-electron chi connectivity index (χ1n) is 8.87. The zero-order chi connectivity index (χ0) is 17.5. The van der Waals surface area contributed by atoms with Crippen LogP contribution < -0.4 is 5.32 Å². The third-order valence-corrected chi connectivity index (χ3v) is 5.11. The number of carbonyl (C=O) groups excluding carboxylic acids is 1. The second-order valence-corrected chi connectivity index (χ2v) is 8.00. The monoisotopic (exact) mass is 381 g/mol. The van der Waals surface area contributed by atoms with E-state index in [1.807, 2.05) is 38.1 Å². The molecule has 0 radical (unpaired) electrons. The van der Waals surface area contributed by atoms with E-state index in [4.69, 9.17) is 0 Å². The molecule has 1 saturated carbocycles. The van der Waals surface area contributed by atoms with Crippen molar-refractivity contribution in [3.63, 3.8) is 0 Å². The molecular formula is C20H32BrNO. The SMILES string of the molecule is CC.CC(=O)C(CNC1CCCC(C)(C)C1)c1ccc(Br)cc1. The van der Waals surface area contributed by atoms with Crippen molar-refractivity contribution in [2.75, 3.05) is 6.54 Å². The topological polar surface area (TPSA) is 29.1 Å². The van der Waals surface area contributed by atoms with Crippen LogP contribution in [-0.4, -0.2) is 18.4 Å². The minimum absolute atomic E-state index is 0.0388. The molecule has 1 aromatic carbocycles. The average molecular weight is 382 g/mol. The highest BCUT2D eigenvalue weighted by atomic mass is 79.9. The Kier molecular flexibility index (Phi) is 8.49. The molecule has 2 unspecified atom stereocenters. The standard InChI is InChI=1S/C18H26BrNO.C2H6/c1-13(21)17(14-6-8-15(19)9-7-14)12-20-16-5-4-10-18(2,3)11-16;1-2/h6-9,16-17,20H,4-5,10-12H2,1-3H3;1-2H3. The van der Waals surface area contributed by atoms with E-state index in [0.29, 0.717) is 11.5 Å². The van der Waals surface area contributed by atoms with E-state index in [1.165, 1.54) is 25.7 Å². The first-order valence-corrected chi connectivity index (χ1v) is 9.66. The summed E-state index contributed by atoms with van der Waals surface area (Å²) >= 11 is 3.45. The van der Waals surface area contributed by atoms with E-state index >= 15 is 0 Å². The van der Waals surface area contributed by atoms with Crippen molar-refractivity contribution < 1.29 is 4.79 Å². The molecule has 1 aliphatic carbocycles. The fourth-order valence-electron chi connectivity index (χ4n) is 3.35. The zero-order valence-corrected chi connectivity index (χ0v) is 16.9. The molecule has 0 aromatic heterocycles. The third-order valence-electron chi connectivity index (χ3n) is 4.58. The lowest BCUT2D eigenvalue weighted by Crippen LogP contribution is -2.40. The summed E-state index contributed by atoms with van der Waals surface area (Å²) in [4.78, 5) is 12.0. The highest BCUT2D eigenvalue weighted by Gasteiger charge is 2.28. The molecule has 1 N–H and O–H groups in total. The Hall–Kier alpha value is -0.670. The van der Waals surface area contributed by atoms with Crippen LogP contribution in [0.2, 0.25) is 0 Å². The molecule has 0 heterocycles. The van der Waals surface area contributed by atoms with Crippen LogP contribution in [0.1, 0.15) is 71.8 Å². The van der Waals surface area contributed by atoms with Crippen molar-refractivity contribution >= 4 is 21.7 Å². The van der Waals surface area contributed by atoms with Crippen molar-refractivity contribution in [1.82, 2.24) is 5.32 Å². The number of hydrogen-bond donors (Lipinski definition) is 1. The Bertz CT molecular complexity index is 481. The molecule has 0 aliphatic heterocycles. The van der Waals surface area contributed by atoms with E-state index in [0.717, 1.165) is 16.6 Å². The molecule has 2 atom stereocenters. The molecule has 1 fully saturated rings. The van der Waals surface area contributed by atoms with Crippen LogP contribution >= 0.6 is 15.9 Å². The molecule has 0 amide bonds. The van der Waals surface area contributed by atoms with E-state index in [9.17, 15) is 4.79 Å². The maximum absolute atomic E-state index is 12.0. The Morgan fingerprint density at radius 2 is 1.91 bits per heavy atom. The van der Waals surface area contributed by atoms with Crippen molar-refractivity contribution in [2.45, 2.75) is 72.3 Å². The predicted molar refractivity (Wildman–Crippen MR) is 103 cm³/mol. The number of Topliss-reactive ketones (excluding diaryl/α,β-unsaturated/α-hetero) is 1. The fourth-order valence-corrected chi connectivity index (χ4v) is 3.61. The average Bonchev–Trinajstić information content (AvgIpc) is 2.50. The lowest BCUT2D eigenvalue weighted by atomic mass is 9.75. The lowest BCUT2D eigenvalue weighted by molar-refractivity contribution is -0.118. The normalized spacial score (nSPS) is 21.0. The minimum atomic E-state index is -0.0388. The van der Waals surface area contributed by atoms with Gasteiger partial charge < -0.3 is 5.32 Å². The summed E-state index contributed by atoms with van der Waals surface area (Å²) in [7, 11) is 0. The predicted octanol–water partition coefficient (Wildman–Crippen LogP) is 5.71. The molecule has 1 aliphatic rings. The summed E-state index contributed by atoms with van der Waals surface area (Å²) in [5.74, 6) is 0.197. The van der Waals surface area contributed by atoms with E-state index < -0.39 is 0 Å². The van der Waals surface area contributed by atoms with Gasteiger partial charge in [-0.2, -0.15) is 0 Å². The summed E-state index contributed by atoms with van der Waals surface area (Å²) in [5.41, 5.74) is 1.53. The van der Waals surface area contributed by atoms with Gasteiger partial charge in [0.1, 0.15) is 5.78 Å². The highest BCUT2D eigenvalue weighted by molar-refractivity contribution is 9.10. The molecule has 23 heavy (non-hydrogen) atoms. The van der Waals surface area contributed by atoms with Crippen LogP contribution in [0.3, 0.4) is 0 Å². The Morgan fingerprint density at radius 3 is 2.43 bits per heavy atom. The molecule has 2 rings (SSSR count). The van der Waals surface area contributed by atoms with Gasteiger partial charge >= 0.3 is 0 Å². The van der Waals surface area contributed by atoms with Gasteiger partial charge in [-0.3, -0.25) is 4.79 Å². The van der Waals surface area contributed by atoms with E-state index in [1.54, 1.807) is 6.92 Å². The third kappa shape index (κ3) is 6.76. The van der Waals surface area contributed by atoms with Crippen molar-refractivity contribution in [3.05, 3.63) is 34.3 Å². The van der Waals surface area contributed by atoms with Gasteiger partial charge in [-0.05, 0) is 49.3 Å². The Balaban J connectivity index is 0.00000127. The van der Waals surface area contributed by atoms with Gasteiger partial charge in [-0.25, -0.2) is 0 Å². The zero-order valence-electron chi connectivity index (χ0n) is 15.3. The van der Waals surface area contributed by atoms with Gasteiger partial charge in [-0.15, -0.1) is 0 Å². The van der Waals surface area contributed by atoms with Gasteiger partial charge in [0.15, 0.2) is 0 Å². The van der Waals surface area contributed by atoms with Crippen LogP contribution in [0.4, 0.5) is 0 Å². The quantitative estimate of drug-likeness (QED) is 0.707. The van der Waals surface area contributed by atoms with Crippen LogP contribution in [0, 0.1) is 5.41 Å². The van der Waals surface area contributed by atoms with E-state index in [2.05, 4.69) is 35.1 Å². The number of rotatable bonds is 5. The van der Waals surface area contributed by atoms with Crippen LogP contribution in [0.5, 0.6) is 0 Å².